The van der Waals surface area contributed by atoms with Crippen molar-refractivity contribution < 1.29 is 19.2 Å². The Labute approximate surface area is 155 Å². The van der Waals surface area contributed by atoms with E-state index in [-0.39, 0.29) is 29.5 Å². The van der Waals surface area contributed by atoms with Gasteiger partial charge in [0.1, 0.15) is 5.69 Å². The lowest BCUT2D eigenvalue weighted by Crippen LogP contribution is -2.32. The predicted octanol–water partition coefficient (Wildman–Crippen LogP) is 2.51. The van der Waals surface area contributed by atoms with Crippen LogP contribution in [0.2, 0.25) is 0 Å². The highest BCUT2D eigenvalue weighted by Crippen LogP contribution is 2.27. The number of nitrogens with one attached hydrogen (secondary N) is 1. The second-order valence-corrected chi connectivity index (χ2v) is 6.13. The minimum Gasteiger partial charge on any atom is -0.463 e. The third kappa shape index (κ3) is 5.56. The van der Waals surface area contributed by atoms with E-state index in [2.05, 4.69) is 15.3 Å². The number of carbonyl (C=O) groups excluding carboxylic acids is 2. The first kappa shape index (κ1) is 20.0. The number of para-hydroxylation sites is 1. The second-order valence-electron chi connectivity index (χ2n) is 6.13. The zero-order valence-electron chi connectivity index (χ0n) is 15.2. The van der Waals surface area contributed by atoms with Crippen LogP contribution in [0.3, 0.4) is 0 Å². The fraction of sp³-hybridized carbons (Fsp3) is 0.333. The molecule has 142 valence electrons. The first-order valence-electron chi connectivity index (χ1n) is 8.30. The minimum atomic E-state index is -0.951. The van der Waals surface area contributed by atoms with E-state index >= 15 is 0 Å². The molecular weight excluding hydrogens is 352 g/mol. The Morgan fingerprint density at radius 3 is 2.52 bits per heavy atom. The van der Waals surface area contributed by atoms with E-state index in [0.29, 0.717) is 5.69 Å². The summed E-state index contributed by atoms with van der Waals surface area (Å²) in [4.78, 5) is 43.4. The largest absolute Gasteiger partial charge is 0.463 e. The Morgan fingerprint density at radius 2 is 1.93 bits per heavy atom. The van der Waals surface area contributed by atoms with Crippen molar-refractivity contribution in [3.05, 3.63) is 63.7 Å². The zero-order chi connectivity index (χ0) is 20.0. The maximum absolute atomic E-state index is 12.5. The Balaban J connectivity index is 2.32. The van der Waals surface area contributed by atoms with Gasteiger partial charge in [0.25, 0.3) is 11.6 Å². The molecule has 0 aliphatic rings. The molecule has 1 unspecified atom stereocenters. The van der Waals surface area contributed by atoms with Crippen LogP contribution in [0.1, 0.15) is 48.1 Å². The van der Waals surface area contributed by atoms with E-state index in [1.54, 1.807) is 26.8 Å². The monoisotopic (exact) mass is 372 g/mol. The molecule has 1 heterocycles. The van der Waals surface area contributed by atoms with Crippen LogP contribution in [0.25, 0.3) is 0 Å². The van der Waals surface area contributed by atoms with Crippen molar-refractivity contribution in [3.8, 4) is 0 Å². The molecule has 0 saturated heterocycles. The van der Waals surface area contributed by atoms with Crippen molar-refractivity contribution in [3.63, 3.8) is 0 Å². The van der Waals surface area contributed by atoms with Crippen molar-refractivity contribution >= 4 is 17.6 Å². The molecule has 2 rings (SSSR count). The molecule has 0 fully saturated rings. The van der Waals surface area contributed by atoms with Gasteiger partial charge in [0.15, 0.2) is 0 Å². The molecule has 0 aliphatic carbocycles. The molecule has 1 N–H and O–H groups in total. The van der Waals surface area contributed by atoms with E-state index in [1.165, 1.54) is 30.6 Å². The normalized spacial score (nSPS) is 11.7. The van der Waals surface area contributed by atoms with Gasteiger partial charge in [-0.15, -0.1) is 0 Å². The van der Waals surface area contributed by atoms with Gasteiger partial charge < -0.3 is 10.1 Å². The lowest BCUT2D eigenvalue weighted by molar-refractivity contribution is -0.385. The van der Waals surface area contributed by atoms with Crippen LogP contribution in [-0.4, -0.2) is 32.9 Å². The van der Waals surface area contributed by atoms with E-state index in [9.17, 15) is 19.7 Å². The molecule has 1 aromatic heterocycles. The standard InChI is InChI=1S/C18H20N4O5/c1-11(2)27-17(23)8-14(13-6-4-5-7-16(13)22(25)26)21-18(24)15-10-19-12(3)9-20-15/h4-7,9-11,14H,8H2,1-3H3,(H,21,24). The number of hydrogen-bond acceptors (Lipinski definition) is 7. The highest BCUT2D eigenvalue weighted by Gasteiger charge is 2.27. The summed E-state index contributed by atoms with van der Waals surface area (Å²) in [7, 11) is 0. The number of ether oxygens (including phenoxy) is 1. The second kappa shape index (κ2) is 8.84. The number of carbonyl (C=O) groups is 2. The average molecular weight is 372 g/mol. The molecule has 2 aromatic rings. The van der Waals surface area contributed by atoms with Crippen LogP contribution in [0, 0.1) is 17.0 Å². The number of amides is 1. The van der Waals surface area contributed by atoms with Gasteiger partial charge in [0.05, 0.1) is 40.9 Å². The van der Waals surface area contributed by atoms with Crippen LogP contribution in [0.4, 0.5) is 5.69 Å². The van der Waals surface area contributed by atoms with Crippen LogP contribution < -0.4 is 5.32 Å². The van der Waals surface area contributed by atoms with Crippen molar-refractivity contribution in [2.75, 3.05) is 0 Å². The molecular formula is C18H20N4O5. The molecule has 9 nitrogen and oxygen atoms in total. The Bertz CT molecular complexity index is 836. The molecule has 1 aromatic carbocycles. The Kier molecular flexibility index (Phi) is 6.53. The number of rotatable bonds is 7. The van der Waals surface area contributed by atoms with Crippen molar-refractivity contribution in [1.29, 1.82) is 0 Å². The summed E-state index contributed by atoms with van der Waals surface area (Å²) in [5.41, 5.74) is 0.690. The van der Waals surface area contributed by atoms with Crippen molar-refractivity contribution in [2.24, 2.45) is 0 Å². The SMILES string of the molecule is Cc1cnc(C(=O)NC(CC(=O)OC(C)C)c2ccccc2[N+](=O)[O-])cn1. The highest BCUT2D eigenvalue weighted by atomic mass is 16.6. The molecule has 1 atom stereocenters. The molecule has 0 radical (unpaired) electrons. The molecule has 1 amide bonds. The highest BCUT2D eigenvalue weighted by molar-refractivity contribution is 5.92. The fourth-order valence-electron chi connectivity index (χ4n) is 2.41. The lowest BCUT2D eigenvalue weighted by atomic mass is 10.0. The van der Waals surface area contributed by atoms with E-state index in [4.69, 9.17) is 4.74 Å². The number of esters is 1. The molecule has 0 aliphatic heterocycles. The third-order valence-electron chi connectivity index (χ3n) is 3.57. The van der Waals surface area contributed by atoms with Gasteiger partial charge in [0.2, 0.25) is 0 Å². The molecule has 0 bridgehead atoms. The van der Waals surface area contributed by atoms with Gasteiger partial charge in [-0.2, -0.15) is 0 Å². The van der Waals surface area contributed by atoms with Crippen LogP contribution >= 0.6 is 0 Å². The van der Waals surface area contributed by atoms with Crippen molar-refractivity contribution in [2.45, 2.75) is 39.3 Å². The maximum Gasteiger partial charge on any atom is 0.308 e. The number of aryl methyl sites for hydroxylation is 1. The van der Waals surface area contributed by atoms with Crippen molar-refractivity contribution in [1.82, 2.24) is 15.3 Å². The smallest absolute Gasteiger partial charge is 0.308 e. The number of aromatic nitrogens is 2. The molecule has 0 spiro atoms. The first-order chi connectivity index (χ1) is 12.8. The molecule has 0 saturated carbocycles. The summed E-state index contributed by atoms with van der Waals surface area (Å²) in [6.07, 6.45) is 2.13. The third-order valence-corrected chi connectivity index (χ3v) is 3.57. The van der Waals surface area contributed by atoms with Crippen LogP contribution in [-0.2, 0) is 9.53 Å². The van der Waals surface area contributed by atoms with E-state index < -0.39 is 22.8 Å². The summed E-state index contributed by atoms with van der Waals surface area (Å²) in [5, 5.41) is 14.0. The summed E-state index contributed by atoms with van der Waals surface area (Å²) in [6, 6.07) is 4.97. The summed E-state index contributed by atoms with van der Waals surface area (Å²) in [5.74, 6) is -1.17. The predicted molar refractivity (Wildman–Crippen MR) is 95.9 cm³/mol. The van der Waals surface area contributed by atoms with Gasteiger partial charge in [-0.25, -0.2) is 4.98 Å². The quantitative estimate of drug-likeness (QED) is 0.450. The van der Waals surface area contributed by atoms with E-state index in [0.717, 1.165) is 0 Å². The number of nitrogens with zero attached hydrogens (tertiary/aromatic N) is 3. The lowest BCUT2D eigenvalue weighted by Gasteiger charge is -2.19. The van der Waals surface area contributed by atoms with Crippen LogP contribution in [0.5, 0.6) is 0 Å². The maximum atomic E-state index is 12.5. The first-order valence-corrected chi connectivity index (χ1v) is 8.30. The number of nitro groups is 1. The molecule has 27 heavy (non-hydrogen) atoms. The number of nitro benzene ring substituents is 1. The van der Waals surface area contributed by atoms with Crippen LogP contribution in [0.15, 0.2) is 36.7 Å². The van der Waals surface area contributed by atoms with Gasteiger partial charge in [0, 0.05) is 12.3 Å². The summed E-state index contributed by atoms with van der Waals surface area (Å²) >= 11 is 0. The van der Waals surface area contributed by atoms with Gasteiger partial charge >= 0.3 is 5.97 Å². The van der Waals surface area contributed by atoms with Gasteiger partial charge in [-0.05, 0) is 20.8 Å². The minimum absolute atomic E-state index is 0.0430. The van der Waals surface area contributed by atoms with E-state index in [1.807, 2.05) is 0 Å². The number of hydrogen-bond donors (Lipinski definition) is 1. The topological polar surface area (TPSA) is 124 Å². The van der Waals surface area contributed by atoms with Gasteiger partial charge in [-0.3, -0.25) is 24.7 Å². The average Bonchev–Trinajstić information content (AvgIpc) is 2.61. The summed E-state index contributed by atoms with van der Waals surface area (Å²) < 4.78 is 5.12. The molecule has 9 heteroatoms. The number of benzene rings is 1. The summed E-state index contributed by atoms with van der Waals surface area (Å²) in [6.45, 7) is 5.11. The Morgan fingerprint density at radius 1 is 1.22 bits per heavy atom. The Hall–Kier alpha value is -3.36. The fourth-order valence-corrected chi connectivity index (χ4v) is 2.41. The zero-order valence-corrected chi connectivity index (χ0v) is 15.2. The van der Waals surface area contributed by atoms with Gasteiger partial charge in [-0.1, -0.05) is 18.2 Å².